The molecular weight excluding hydrogens is 414 g/mol. The van der Waals surface area contributed by atoms with Gasteiger partial charge in [0.15, 0.2) is 5.82 Å². The van der Waals surface area contributed by atoms with Crippen LogP contribution in [0.25, 0.3) is 22.3 Å². The van der Waals surface area contributed by atoms with E-state index in [9.17, 15) is 9.59 Å². The largest absolute Gasteiger partial charge is 0.336 e. The molecule has 1 saturated heterocycles. The fraction of sp³-hybridized carbons (Fsp3) is 0.192. The monoisotopic (exact) mass is 439 g/mol. The van der Waals surface area contributed by atoms with Gasteiger partial charge in [0, 0.05) is 37.3 Å². The summed E-state index contributed by atoms with van der Waals surface area (Å²) in [6, 6.07) is 24.2. The van der Waals surface area contributed by atoms with Crippen LogP contribution >= 0.6 is 0 Å². The molecule has 166 valence electrons. The van der Waals surface area contributed by atoms with Crippen LogP contribution in [0.15, 0.2) is 83.7 Å². The van der Waals surface area contributed by atoms with Crippen LogP contribution in [0.4, 0.5) is 5.69 Å². The van der Waals surface area contributed by atoms with E-state index < -0.39 is 0 Å². The van der Waals surface area contributed by atoms with Gasteiger partial charge in [0.1, 0.15) is 0 Å². The van der Waals surface area contributed by atoms with Crippen molar-refractivity contribution >= 4 is 22.5 Å². The number of anilines is 1. The Morgan fingerprint density at radius 1 is 0.848 bits per heavy atom. The Labute approximate surface area is 191 Å². The molecule has 33 heavy (non-hydrogen) atoms. The summed E-state index contributed by atoms with van der Waals surface area (Å²) in [5.41, 5.74) is 5.82. The average Bonchev–Trinajstić information content (AvgIpc) is 2.87. The van der Waals surface area contributed by atoms with Gasteiger partial charge >= 0.3 is 0 Å². The second-order valence-electron chi connectivity index (χ2n) is 8.24. The number of aromatic nitrogens is 2. The summed E-state index contributed by atoms with van der Waals surface area (Å²) in [6.07, 6.45) is 0. The fourth-order valence-electron chi connectivity index (χ4n) is 4.03. The van der Waals surface area contributed by atoms with Crippen molar-refractivity contribution in [2.45, 2.75) is 0 Å². The molecular formula is C26H25N5O2. The zero-order chi connectivity index (χ0) is 22.8. The molecule has 0 saturated carbocycles. The number of hydrogen-bond acceptors (Lipinski definition) is 5. The second kappa shape index (κ2) is 8.88. The Morgan fingerprint density at radius 3 is 2.24 bits per heavy atom. The lowest BCUT2D eigenvalue weighted by atomic mass is 10.1. The molecule has 0 radical (unpaired) electrons. The van der Waals surface area contributed by atoms with Crippen LogP contribution in [0.2, 0.25) is 0 Å². The fourth-order valence-corrected chi connectivity index (χ4v) is 4.03. The summed E-state index contributed by atoms with van der Waals surface area (Å²) in [7, 11) is 2.07. The molecule has 0 unspecified atom stereocenters. The van der Waals surface area contributed by atoms with E-state index in [4.69, 9.17) is 4.98 Å². The maximum absolute atomic E-state index is 13.3. The van der Waals surface area contributed by atoms with Gasteiger partial charge in [-0.2, -0.15) is 0 Å². The standard InChI is InChI=1S/C26H25N5O2/c1-29-15-17-30(18-16-29)25(32)20-11-13-21(14-12-20)28-31-24(19-7-3-2-4-8-19)27-23-10-6-5-9-22(23)26(31)33/h2-14,28H,15-18H2,1H3. The van der Waals surface area contributed by atoms with Crippen LogP contribution in [-0.2, 0) is 0 Å². The Kier molecular flexibility index (Phi) is 5.62. The lowest BCUT2D eigenvalue weighted by molar-refractivity contribution is 0.0664. The number of rotatable bonds is 4. The first-order chi connectivity index (χ1) is 16.1. The van der Waals surface area contributed by atoms with E-state index in [-0.39, 0.29) is 11.5 Å². The molecule has 7 heteroatoms. The first-order valence-corrected chi connectivity index (χ1v) is 11.0. The van der Waals surface area contributed by atoms with E-state index in [1.54, 1.807) is 18.2 Å². The van der Waals surface area contributed by atoms with E-state index >= 15 is 0 Å². The smallest absolute Gasteiger partial charge is 0.280 e. The van der Waals surface area contributed by atoms with Crippen LogP contribution in [-0.4, -0.2) is 58.6 Å². The lowest BCUT2D eigenvalue weighted by Gasteiger charge is -2.32. The number of carbonyl (C=O) groups excluding carboxylic acids is 1. The SMILES string of the molecule is CN1CCN(C(=O)c2ccc(Nn3c(-c4ccccc4)nc4ccccc4c3=O)cc2)CC1. The predicted molar refractivity (Wildman–Crippen MR) is 130 cm³/mol. The van der Waals surface area contributed by atoms with E-state index in [0.717, 1.165) is 31.7 Å². The van der Waals surface area contributed by atoms with Crippen molar-refractivity contribution in [1.82, 2.24) is 19.5 Å². The predicted octanol–water partition coefficient (Wildman–Crippen LogP) is 3.33. The summed E-state index contributed by atoms with van der Waals surface area (Å²) in [6.45, 7) is 3.22. The minimum absolute atomic E-state index is 0.0316. The molecule has 1 aromatic heterocycles. The second-order valence-corrected chi connectivity index (χ2v) is 8.24. The third-order valence-electron chi connectivity index (χ3n) is 5.97. The van der Waals surface area contributed by atoms with Crippen molar-refractivity contribution in [3.05, 3.63) is 94.8 Å². The molecule has 1 aliphatic rings. The molecule has 4 aromatic rings. The number of carbonyl (C=O) groups is 1. The molecule has 3 aromatic carbocycles. The number of para-hydroxylation sites is 1. The summed E-state index contributed by atoms with van der Waals surface area (Å²) >= 11 is 0. The van der Waals surface area contributed by atoms with Gasteiger partial charge in [-0.1, -0.05) is 42.5 Å². The molecule has 2 heterocycles. The molecule has 0 aliphatic carbocycles. The third-order valence-corrected chi connectivity index (χ3v) is 5.97. The normalized spacial score (nSPS) is 14.4. The molecule has 1 fully saturated rings. The van der Waals surface area contributed by atoms with Crippen LogP contribution in [0.5, 0.6) is 0 Å². The molecule has 1 N–H and O–H groups in total. The number of likely N-dealkylation sites (N-methyl/N-ethyl adjacent to an activating group) is 1. The number of fused-ring (bicyclic) bond motifs is 1. The van der Waals surface area contributed by atoms with Crippen molar-refractivity contribution < 1.29 is 4.79 Å². The average molecular weight is 440 g/mol. The van der Waals surface area contributed by atoms with Gasteiger partial charge in [-0.3, -0.25) is 15.0 Å². The van der Waals surface area contributed by atoms with Gasteiger partial charge in [-0.25, -0.2) is 9.66 Å². The molecule has 1 amide bonds. The number of piperazine rings is 1. The molecule has 1 aliphatic heterocycles. The Bertz CT molecular complexity index is 1340. The highest BCUT2D eigenvalue weighted by molar-refractivity contribution is 5.94. The lowest BCUT2D eigenvalue weighted by Crippen LogP contribution is -2.47. The van der Waals surface area contributed by atoms with Gasteiger partial charge in [-0.05, 0) is 43.4 Å². The van der Waals surface area contributed by atoms with Crippen molar-refractivity contribution in [3.63, 3.8) is 0 Å². The van der Waals surface area contributed by atoms with Crippen molar-refractivity contribution in [2.75, 3.05) is 38.7 Å². The molecule has 0 bridgehead atoms. The first-order valence-electron chi connectivity index (χ1n) is 11.0. The highest BCUT2D eigenvalue weighted by Gasteiger charge is 2.20. The maximum Gasteiger partial charge on any atom is 0.280 e. The van der Waals surface area contributed by atoms with Crippen LogP contribution in [0, 0.1) is 0 Å². The number of hydrogen-bond donors (Lipinski definition) is 1. The minimum Gasteiger partial charge on any atom is -0.336 e. The highest BCUT2D eigenvalue weighted by Crippen LogP contribution is 2.20. The summed E-state index contributed by atoms with van der Waals surface area (Å²) in [5, 5.41) is 0.534. The van der Waals surface area contributed by atoms with Gasteiger partial charge in [0.05, 0.1) is 16.6 Å². The summed E-state index contributed by atoms with van der Waals surface area (Å²) in [4.78, 5) is 35.0. The molecule has 7 nitrogen and oxygen atoms in total. The topological polar surface area (TPSA) is 70.5 Å². The van der Waals surface area contributed by atoms with Crippen molar-refractivity contribution in [3.8, 4) is 11.4 Å². The zero-order valence-corrected chi connectivity index (χ0v) is 18.4. The van der Waals surface area contributed by atoms with Crippen LogP contribution in [0.3, 0.4) is 0 Å². The van der Waals surface area contributed by atoms with Gasteiger partial charge < -0.3 is 9.80 Å². The number of amides is 1. The Hall–Kier alpha value is -3.97. The third kappa shape index (κ3) is 4.23. The first kappa shape index (κ1) is 20.9. The van der Waals surface area contributed by atoms with E-state index in [1.165, 1.54) is 4.68 Å². The molecule has 0 atom stereocenters. The summed E-state index contributed by atoms with van der Waals surface area (Å²) < 4.78 is 1.47. The van der Waals surface area contributed by atoms with Gasteiger partial charge in [0.2, 0.25) is 0 Å². The van der Waals surface area contributed by atoms with Gasteiger partial charge in [-0.15, -0.1) is 0 Å². The van der Waals surface area contributed by atoms with E-state index in [2.05, 4.69) is 17.4 Å². The van der Waals surface area contributed by atoms with Crippen molar-refractivity contribution in [1.29, 1.82) is 0 Å². The van der Waals surface area contributed by atoms with E-state index in [1.807, 2.05) is 65.6 Å². The molecule has 5 rings (SSSR count). The van der Waals surface area contributed by atoms with Gasteiger partial charge in [0.25, 0.3) is 11.5 Å². The highest BCUT2D eigenvalue weighted by atomic mass is 16.2. The minimum atomic E-state index is -0.183. The Morgan fingerprint density at radius 2 is 1.52 bits per heavy atom. The van der Waals surface area contributed by atoms with Crippen molar-refractivity contribution in [2.24, 2.45) is 0 Å². The number of benzene rings is 3. The Balaban J connectivity index is 1.47. The summed E-state index contributed by atoms with van der Waals surface area (Å²) in [5.74, 6) is 0.557. The molecule has 0 spiro atoms. The maximum atomic E-state index is 13.3. The quantitative estimate of drug-likeness (QED) is 0.528. The number of nitrogens with one attached hydrogen (secondary N) is 1. The van der Waals surface area contributed by atoms with Crippen LogP contribution < -0.4 is 11.0 Å². The zero-order valence-electron chi connectivity index (χ0n) is 18.4. The number of nitrogens with zero attached hydrogens (tertiary/aromatic N) is 4. The van der Waals surface area contributed by atoms with Crippen LogP contribution in [0.1, 0.15) is 10.4 Å². The van der Waals surface area contributed by atoms with E-state index in [0.29, 0.717) is 28.0 Å².